The van der Waals surface area contributed by atoms with Gasteiger partial charge in [0.25, 0.3) is 0 Å². The quantitative estimate of drug-likeness (QED) is 0.833. The van der Waals surface area contributed by atoms with E-state index in [0.717, 1.165) is 6.20 Å². The zero-order valence-electron chi connectivity index (χ0n) is 12.2. The molecule has 0 spiro atoms. The van der Waals surface area contributed by atoms with E-state index in [1.165, 1.54) is 0 Å². The van der Waals surface area contributed by atoms with Crippen LogP contribution in [0.1, 0.15) is 13.8 Å². The molecule has 2 rings (SSSR count). The molecule has 1 saturated heterocycles. The summed E-state index contributed by atoms with van der Waals surface area (Å²) in [5.41, 5.74) is 0. The molecule has 7 nitrogen and oxygen atoms in total. The summed E-state index contributed by atoms with van der Waals surface area (Å²) in [4.78, 5) is 21.8. The van der Waals surface area contributed by atoms with Crippen molar-refractivity contribution in [3.05, 3.63) is 12.0 Å². The first-order chi connectivity index (χ1) is 10.1. The number of carbonyl (C=O) groups is 1. The molecule has 8 heteroatoms. The van der Waals surface area contributed by atoms with Crippen molar-refractivity contribution in [2.24, 2.45) is 0 Å². The van der Waals surface area contributed by atoms with Gasteiger partial charge in [0.2, 0.25) is 11.9 Å². The predicted octanol–water partition coefficient (Wildman–Crippen LogP) is 0.707. The third kappa shape index (κ3) is 4.01. The number of nitrogens with zero attached hydrogens (tertiary/aromatic N) is 3. The number of morpholine rings is 1. The summed E-state index contributed by atoms with van der Waals surface area (Å²) < 4.78 is 18.9. The molecule has 0 bridgehead atoms. The van der Waals surface area contributed by atoms with Crippen molar-refractivity contribution in [2.75, 3.05) is 43.5 Å². The lowest BCUT2D eigenvalue weighted by Crippen LogP contribution is -2.47. The molecule has 1 aromatic heterocycles. The summed E-state index contributed by atoms with van der Waals surface area (Å²) in [6.07, 6.45) is 1.08. The molecule has 2 heterocycles. The van der Waals surface area contributed by atoms with Crippen molar-refractivity contribution in [2.45, 2.75) is 19.9 Å². The molecule has 1 aromatic rings. The largest absolute Gasteiger partial charge is 0.378 e. The average Bonchev–Trinajstić information content (AvgIpc) is 2.51. The monoisotopic (exact) mass is 297 g/mol. The Morgan fingerprint density at radius 2 is 2.24 bits per heavy atom. The lowest BCUT2D eigenvalue weighted by molar-refractivity contribution is -0.135. The van der Waals surface area contributed by atoms with Gasteiger partial charge in [-0.2, -0.15) is 4.98 Å². The van der Waals surface area contributed by atoms with Crippen LogP contribution in [0.5, 0.6) is 0 Å². The van der Waals surface area contributed by atoms with Crippen molar-refractivity contribution in [1.29, 1.82) is 0 Å². The van der Waals surface area contributed by atoms with Gasteiger partial charge in [-0.15, -0.1) is 0 Å². The molecule has 1 unspecified atom stereocenters. The molecule has 0 radical (unpaired) electrons. The second kappa shape index (κ2) is 7.16. The zero-order chi connectivity index (χ0) is 15.2. The Bertz CT molecular complexity index is 493. The molecule has 21 heavy (non-hydrogen) atoms. The van der Waals surface area contributed by atoms with Crippen LogP contribution in [-0.4, -0.2) is 59.7 Å². The van der Waals surface area contributed by atoms with Crippen LogP contribution in [0.2, 0.25) is 0 Å². The highest BCUT2D eigenvalue weighted by Gasteiger charge is 2.23. The van der Waals surface area contributed by atoms with E-state index in [0.29, 0.717) is 38.8 Å². The summed E-state index contributed by atoms with van der Waals surface area (Å²) in [5, 5.41) is 5.71. The molecular weight excluding hydrogens is 277 g/mol. The smallest absolute Gasteiger partial charge is 0.244 e. The van der Waals surface area contributed by atoms with Gasteiger partial charge >= 0.3 is 0 Å². The normalized spacial score (nSPS) is 16.4. The molecule has 1 aliphatic heterocycles. The maximum absolute atomic E-state index is 13.7. The van der Waals surface area contributed by atoms with Gasteiger partial charge in [0.15, 0.2) is 11.6 Å². The van der Waals surface area contributed by atoms with Crippen molar-refractivity contribution in [3.63, 3.8) is 0 Å². The molecule has 0 aliphatic carbocycles. The van der Waals surface area contributed by atoms with Crippen LogP contribution in [0.4, 0.5) is 16.2 Å². The fourth-order valence-electron chi connectivity index (χ4n) is 2.04. The second-order valence-corrected chi connectivity index (χ2v) is 4.72. The van der Waals surface area contributed by atoms with E-state index in [9.17, 15) is 9.18 Å². The first kappa shape index (κ1) is 15.4. The van der Waals surface area contributed by atoms with Crippen LogP contribution in [0.15, 0.2) is 6.20 Å². The molecule has 0 aromatic carbocycles. The fourth-order valence-corrected chi connectivity index (χ4v) is 2.04. The highest BCUT2D eigenvalue weighted by Crippen LogP contribution is 2.14. The third-order valence-electron chi connectivity index (χ3n) is 3.13. The minimum absolute atomic E-state index is 0.0232. The number of ether oxygens (including phenoxy) is 1. The molecule has 0 saturated carbocycles. The number of halogens is 1. The summed E-state index contributed by atoms with van der Waals surface area (Å²) in [7, 11) is 0. The number of amides is 1. The standard InChI is InChI=1S/C13H20FN5O2/c1-3-15-13-16-8-10(14)11(18-13)17-9(2)12(20)19-4-6-21-7-5-19/h8-9H,3-7H2,1-2H3,(H2,15,16,17,18). The van der Waals surface area contributed by atoms with Gasteiger partial charge in [0.1, 0.15) is 6.04 Å². The summed E-state index contributed by atoms with van der Waals surface area (Å²) >= 11 is 0. The van der Waals surface area contributed by atoms with E-state index in [-0.39, 0.29) is 11.7 Å². The van der Waals surface area contributed by atoms with Crippen molar-refractivity contribution >= 4 is 17.7 Å². The Morgan fingerprint density at radius 3 is 2.90 bits per heavy atom. The third-order valence-corrected chi connectivity index (χ3v) is 3.13. The topological polar surface area (TPSA) is 79.4 Å². The maximum atomic E-state index is 13.7. The van der Waals surface area contributed by atoms with Gasteiger partial charge in [-0.3, -0.25) is 4.79 Å². The lowest BCUT2D eigenvalue weighted by atomic mass is 10.2. The number of nitrogens with one attached hydrogen (secondary N) is 2. The van der Waals surface area contributed by atoms with Crippen molar-refractivity contribution in [1.82, 2.24) is 14.9 Å². The van der Waals surface area contributed by atoms with Gasteiger partial charge in [-0.05, 0) is 13.8 Å². The molecular formula is C13H20FN5O2. The SMILES string of the molecule is CCNc1ncc(F)c(NC(C)C(=O)N2CCOCC2)n1. The number of hydrogen-bond acceptors (Lipinski definition) is 6. The molecule has 116 valence electrons. The van der Waals surface area contributed by atoms with E-state index in [2.05, 4.69) is 20.6 Å². The van der Waals surface area contributed by atoms with Crippen LogP contribution in [-0.2, 0) is 9.53 Å². The summed E-state index contributed by atoms with van der Waals surface area (Å²) in [6.45, 7) is 6.39. The number of carbonyl (C=O) groups excluding carboxylic acids is 1. The Hall–Kier alpha value is -1.96. The van der Waals surface area contributed by atoms with Gasteiger partial charge < -0.3 is 20.3 Å². The van der Waals surface area contributed by atoms with Crippen molar-refractivity contribution in [3.8, 4) is 0 Å². The maximum Gasteiger partial charge on any atom is 0.244 e. The number of aromatic nitrogens is 2. The molecule has 2 N–H and O–H groups in total. The summed E-state index contributed by atoms with van der Waals surface area (Å²) in [6, 6.07) is -0.568. The van der Waals surface area contributed by atoms with Gasteiger partial charge in [-0.1, -0.05) is 0 Å². The van der Waals surface area contributed by atoms with Gasteiger partial charge in [0, 0.05) is 19.6 Å². The number of rotatable bonds is 5. The van der Waals surface area contributed by atoms with E-state index in [1.807, 2.05) is 6.92 Å². The Morgan fingerprint density at radius 1 is 1.52 bits per heavy atom. The number of hydrogen-bond donors (Lipinski definition) is 2. The molecule has 1 amide bonds. The van der Waals surface area contributed by atoms with E-state index < -0.39 is 11.9 Å². The highest BCUT2D eigenvalue weighted by atomic mass is 19.1. The first-order valence-corrected chi connectivity index (χ1v) is 7.01. The predicted molar refractivity (Wildman–Crippen MR) is 76.6 cm³/mol. The van der Waals surface area contributed by atoms with E-state index in [4.69, 9.17) is 4.74 Å². The molecule has 1 atom stereocenters. The number of anilines is 2. The Kier molecular flexibility index (Phi) is 5.26. The van der Waals surface area contributed by atoms with Crippen LogP contribution in [0.25, 0.3) is 0 Å². The van der Waals surface area contributed by atoms with Crippen LogP contribution in [0, 0.1) is 5.82 Å². The average molecular weight is 297 g/mol. The molecule has 1 fully saturated rings. The van der Waals surface area contributed by atoms with Gasteiger partial charge in [0.05, 0.1) is 19.4 Å². The minimum Gasteiger partial charge on any atom is -0.378 e. The lowest BCUT2D eigenvalue weighted by Gasteiger charge is -2.29. The van der Waals surface area contributed by atoms with Crippen LogP contribution < -0.4 is 10.6 Å². The molecule has 1 aliphatic rings. The Labute approximate surface area is 122 Å². The van der Waals surface area contributed by atoms with Crippen LogP contribution >= 0.6 is 0 Å². The van der Waals surface area contributed by atoms with E-state index in [1.54, 1.807) is 11.8 Å². The first-order valence-electron chi connectivity index (χ1n) is 7.01. The summed E-state index contributed by atoms with van der Waals surface area (Å²) in [5.74, 6) is -0.331. The minimum atomic E-state index is -0.585. The van der Waals surface area contributed by atoms with Gasteiger partial charge in [-0.25, -0.2) is 9.37 Å². The van der Waals surface area contributed by atoms with E-state index >= 15 is 0 Å². The van der Waals surface area contributed by atoms with Crippen LogP contribution in [0.3, 0.4) is 0 Å². The fraction of sp³-hybridized carbons (Fsp3) is 0.615. The van der Waals surface area contributed by atoms with Crippen molar-refractivity contribution < 1.29 is 13.9 Å². The second-order valence-electron chi connectivity index (χ2n) is 4.72. The zero-order valence-corrected chi connectivity index (χ0v) is 12.2. The highest BCUT2D eigenvalue weighted by molar-refractivity contribution is 5.84. The Balaban J connectivity index is 2.02.